The van der Waals surface area contributed by atoms with Crippen LogP contribution in [0.2, 0.25) is 0 Å². The first-order valence-electron chi connectivity index (χ1n) is 7.30. The van der Waals surface area contributed by atoms with Gasteiger partial charge in [-0.25, -0.2) is 9.78 Å². The summed E-state index contributed by atoms with van der Waals surface area (Å²) in [6.07, 6.45) is 3.75. The van der Waals surface area contributed by atoms with Crippen molar-refractivity contribution < 1.29 is 19.1 Å². The average molecular weight is 327 g/mol. The third kappa shape index (κ3) is 4.17. The summed E-state index contributed by atoms with van der Waals surface area (Å²) in [5, 5.41) is 6.01. The van der Waals surface area contributed by atoms with Gasteiger partial charge in [0.05, 0.1) is 12.7 Å². The molecule has 1 saturated carbocycles. The first-order chi connectivity index (χ1) is 10.7. The Kier molecular flexibility index (Phi) is 6.14. The summed E-state index contributed by atoms with van der Waals surface area (Å²) in [6, 6.07) is 0. The van der Waals surface area contributed by atoms with Gasteiger partial charge in [0, 0.05) is 12.5 Å². The molecule has 0 bridgehead atoms. The minimum absolute atomic E-state index is 0.0125. The molecule has 1 aromatic heterocycles. The molecule has 1 aliphatic carbocycles. The monoisotopic (exact) mass is 327 g/mol. The second-order valence-electron chi connectivity index (χ2n) is 4.93. The molecule has 0 radical (unpaired) electrons. The number of hydrogen-bond acceptors (Lipinski definition) is 8. The topological polar surface area (TPSA) is 96.0 Å². The Balaban J connectivity index is 2.15. The van der Waals surface area contributed by atoms with Crippen molar-refractivity contribution in [2.45, 2.75) is 44.8 Å². The van der Waals surface area contributed by atoms with Crippen LogP contribution in [0.4, 0.5) is 5.13 Å². The summed E-state index contributed by atoms with van der Waals surface area (Å²) in [5.41, 5.74) is 6.02. The number of rotatable bonds is 6. The van der Waals surface area contributed by atoms with Gasteiger partial charge in [-0.05, 0) is 26.2 Å². The molecule has 1 heterocycles. The van der Waals surface area contributed by atoms with Crippen LogP contribution >= 0.6 is 11.3 Å². The van der Waals surface area contributed by atoms with Gasteiger partial charge < -0.3 is 20.0 Å². The Labute approximate surface area is 133 Å². The van der Waals surface area contributed by atoms with Gasteiger partial charge in [0.2, 0.25) is 5.71 Å². The highest BCUT2D eigenvalue weighted by Gasteiger charge is 2.28. The van der Waals surface area contributed by atoms with Crippen molar-refractivity contribution in [2.24, 2.45) is 5.16 Å². The van der Waals surface area contributed by atoms with Crippen LogP contribution in [-0.4, -0.2) is 42.6 Å². The first kappa shape index (κ1) is 16.7. The van der Waals surface area contributed by atoms with E-state index in [1.165, 1.54) is 11.3 Å². The zero-order valence-electron chi connectivity index (χ0n) is 12.8. The van der Waals surface area contributed by atoms with Crippen molar-refractivity contribution in [2.75, 3.05) is 19.5 Å². The molecule has 0 unspecified atom stereocenters. The zero-order chi connectivity index (χ0) is 15.9. The Bertz CT molecular complexity index is 532. The van der Waals surface area contributed by atoms with E-state index < -0.39 is 5.97 Å². The molecule has 2 N–H and O–H groups in total. The van der Waals surface area contributed by atoms with Crippen LogP contribution in [0.5, 0.6) is 0 Å². The molecule has 122 valence electrons. The number of carbonyl (C=O) groups is 1. The Morgan fingerprint density at radius 3 is 2.77 bits per heavy atom. The molecule has 0 amide bonds. The number of methoxy groups -OCH3 is 1. The molecule has 0 aromatic carbocycles. The van der Waals surface area contributed by atoms with Gasteiger partial charge in [-0.15, -0.1) is 11.3 Å². The maximum absolute atomic E-state index is 12.0. The van der Waals surface area contributed by atoms with Crippen molar-refractivity contribution in [1.82, 2.24) is 4.98 Å². The van der Waals surface area contributed by atoms with Gasteiger partial charge in [0.1, 0.15) is 5.69 Å². The van der Waals surface area contributed by atoms with Crippen molar-refractivity contribution in [3.63, 3.8) is 0 Å². The number of oxime groups is 1. The van der Waals surface area contributed by atoms with Gasteiger partial charge >= 0.3 is 5.97 Å². The highest BCUT2D eigenvalue weighted by atomic mass is 32.1. The van der Waals surface area contributed by atoms with Crippen LogP contribution in [0.25, 0.3) is 0 Å². The Morgan fingerprint density at radius 2 is 2.18 bits per heavy atom. The summed E-state index contributed by atoms with van der Waals surface area (Å²) in [4.78, 5) is 21.7. The number of anilines is 1. The lowest BCUT2D eigenvalue weighted by Crippen LogP contribution is -2.33. The largest absolute Gasteiger partial charge is 0.461 e. The number of carbonyl (C=O) groups excluding carboxylic acids is 1. The smallest absolute Gasteiger partial charge is 0.362 e. The van der Waals surface area contributed by atoms with Crippen LogP contribution in [0, 0.1) is 0 Å². The van der Waals surface area contributed by atoms with Crippen molar-refractivity contribution in [3.8, 4) is 0 Å². The van der Waals surface area contributed by atoms with E-state index in [1.807, 2.05) is 0 Å². The van der Waals surface area contributed by atoms with E-state index in [0.29, 0.717) is 10.8 Å². The highest BCUT2D eigenvalue weighted by Crippen LogP contribution is 2.24. The zero-order valence-corrected chi connectivity index (χ0v) is 13.6. The van der Waals surface area contributed by atoms with Crippen LogP contribution in [0.1, 0.15) is 38.3 Å². The first-order valence-corrected chi connectivity index (χ1v) is 8.18. The molecular formula is C14H21N3O4S. The molecule has 2 atom stereocenters. The SMILES string of the molecule is CCOC(=O)/C(=N/O[C@@H]1CCCC[C@H]1OC)c1csc(N)n1. The van der Waals surface area contributed by atoms with E-state index in [-0.39, 0.29) is 24.5 Å². The Morgan fingerprint density at radius 1 is 1.45 bits per heavy atom. The van der Waals surface area contributed by atoms with E-state index in [2.05, 4.69) is 10.1 Å². The predicted molar refractivity (Wildman–Crippen MR) is 83.8 cm³/mol. The van der Waals surface area contributed by atoms with Crippen molar-refractivity contribution >= 4 is 28.1 Å². The number of nitrogens with zero attached hydrogens (tertiary/aromatic N) is 2. The summed E-state index contributed by atoms with van der Waals surface area (Å²) >= 11 is 1.23. The average Bonchev–Trinajstić information content (AvgIpc) is 2.94. The summed E-state index contributed by atoms with van der Waals surface area (Å²) in [6.45, 7) is 1.98. The fourth-order valence-corrected chi connectivity index (χ4v) is 2.91. The lowest BCUT2D eigenvalue weighted by Gasteiger charge is -2.28. The summed E-state index contributed by atoms with van der Waals surface area (Å²) < 4.78 is 10.4. The van der Waals surface area contributed by atoms with E-state index in [0.717, 1.165) is 25.7 Å². The van der Waals surface area contributed by atoms with Gasteiger partial charge in [-0.1, -0.05) is 11.6 Å². The molecular weight excluding hydrogens is 306 g/mol. The molecule has 2 rings (SSSR count). The van der Waals surface area contributed by atoms with E-state index in [9.17, 15) is 4.79 Å². The van der Waals surface area contributed by atoms with Crippen LogP contribution in [0.3, 0.4) is 0 Å². The number of ether oxygens (including phenoxy) is 2. The lowest BCUT2D eigenvalue weighted by atomic mass is 9.95. The second-order valence-corrected chi connectivity index (χ2v) is 5.82. The molecule has 1 aromatic rings. The number of nitrogen functional groups attached to an aromatic ring is 1. The molecule has 7 nitrogen and oxygen atoms in total. The van der Waals surface area contributed by atoms with Gasteiger partial charge in [-0.2, -0.15) is 0 Å². The van der Waals surface area contributed by atoms with Crippen LogP contribution < -0.4 is 5.73 Å². The van der Waals surface area contributed by atoms with E-state index in [1.54, 1.807) is 19.4 Å². The van der Waals surface area contributed by atoms with Gasteiger partial charge in [0.25, 0.3) is 0 Å². The fourth-order valence-electron chi connectivity index (χ4n) is 2.36. The maximum Gasteiger partial charge on any atom is 0.362 e. The van der Waals surface area contributed by atoms with Gasteiger partial charge in [-0.3, -0.25) is 0 Å². The van der Waals surface area contributed by atoms with E-state index >= 15 is 0 Å². The predicted octanol–water partition coefficient (Wildman–Crippen LogP) is 1.97. The molecule has 1 fully saturated rings. The summed E-state index contributed by atoms with van der Waals surface area (Å²) in [7, 11) is 1.66. The Hall–Kier alpha value is -1.67. The third-order valence-electron chi connectivity index (χ3n) is 3.46. The molecule has 1 aliphatic rings. The number of aromatic nitrogens is 1. The lowest BCUT2D eigenvalue weighted by molar-refractivity contribution is -0.135. The number of nitrogens with two attached hydrogens (primary N) is 1. The number of thiazole rings is 1. The van der Waals surface area contributed by atoms with Crippen LogP contribution in [-0.2, 0) is 19.1 Å². The highest BCUT2D eigenvalue weighted by molar-refractivity contribution is 7.13. The standard InChI is InChI=1S/C14H21N3O4S/c1-3-20-13(18)12(9-8-22-14(15)16-9)17-21-11-7-5-4-6-10(11)19-2/h8,10-11H,3-7H2,1-2H3,(H2,15,16)/b17-12+/t10-,11-/m1/s1. The second kappa shape index (κ2) is 8.09. The number of esters is 1. The molecule has 0 saturated heterocycles. The maximum atomic E-state index is 12.0. The quantitative estimate of drug-likeness (QED) is 0.487. The number of hydrogen-bond donors (Lipinski definition) is 1. The minimum atomic E-state index is -0.572. The molecule has 22 heavy (non-hydrogen) atoms. The molecule has 8 heteroatoms. The van der Waals surface area contributed by atoms with E-state index in [4.69, 9.17) is 20.0 Å². The third-order valence-corrected chi connectivity index (χ3v) is 4.13. The van der Waals surface area contributed by atoms with Crippen LogP contribution in [0.15, 0.2) is 10.5 Å². The molecule has 0 aliphatic heterocycles. The fraction of sp³-hybridized carbons (Fsp3) is 0.643. The van der Waals surface area contributed by atoms with Crippen molar-refractivity contribution in [3.05, 3.63) is 11.1 Å². The van der Waals surface area contributed by atoms with Gasteiger partial charge in [0.15, 0.2) is 11.2 Å². The van der Waals surface area contributed by atoms with Crippen molar-refractivity contribution in [1.29, 1.82) is 0 Å². The summed E-state index contributed by atoms with van der Waals surface area (Å²) in [5.74, 6) is -0.572. The normalized spacial score (nSPS) is 22.4. The molecule has 0 spiro atoms. The minimum Gasteiger partial charge on any atom is -0.461 e.